The van der Waals surface area contributed by atoms with Crippen molar-refractivity contribution in [3.63, 3.8) is 0 Å². The number of aliphatic imine (C=N–C) groups is 1. The first-order chi connectivity index (χ1) is 8.22. The predicted molar refractivity (Wildman–Crippen MR) is 90.9 cm³/mol. The van der Waals surface area contributed by atoms with E-state index in [0.717, 1.165) is 25.0 Å². The van der Waals surface area contributed by atoms with Crippen LogP contribution >= 0.6 is 24.0 Å². The van der Waals surface area contributed by atoms with E-state index < -0.39 is 0 Å². The van der Waals surface area contributed by atoms with Crippen LogP contribution in [0, 0.1) is 5.92 Å². The molecule has 1 saturated carbocycles. The van der Waals surface area contributed by atoms with E-state index in [4.69, 9.17) is 0 Å². The van der Waals surface area contributed by atoms with Gasteiger partial charge >= 0.3 is 0 Å². The Hall–Kier alpha value is 0. The number of nitrogens with one attached hydrogen (secondary N) is 2. The molecule has 1 rings (SSSR count). The van der Waals surface area contributed by atoms with Gasteiger partial charge in [0, 0.05) is 19.1 Å². The van der Waals surface area contributed by atoms with Gasteiger partial charge in [-0.05, 0) is 32.1 Å². The second-order valence-corrected chi connectivity index (χ2v) is 5.42. The van der Waals surface area contributed by atoms with Gasteiger partial charge < -0.3 is 10.6 Å². The van der Waals surface area contributed by atoms with E-state index in [1.165, 1.54) is 38.5 Å². The van der Waals surface area contributed by atoms with Gasteiger partial charge in [0.25, 0.3) is 0 Å². The van der Waals surface area contributed by atoms with E-state index >= 15 is 0 Å². The van der Waals surface area contributed by atoms with Crippen LogP contribution in [0.25, 0.3) is 0 Å². The number of halogens is 1. The number of guanidine groups is 1. The number of rotatable bonds is 5. The molecule has 0 bridgehead atoms. The lowest BCUT2D eigenvalue weighted by Gasteiger charge is -2.24. The summed E-state index contributed by atoms with van der Waals surface area (Å²) in [5.41, 5.74) is 0. The zero-order valence-electron chi connectivity index (χ0n) is 12.2. The summed E-state index contributed by atoms with van der Waals surface area (Å²) < 4.78 is 0. The van der Waals surface area contributed by atoms with Crippen molar-refractivity contribution in [3.05, 3.63) is 0 Å². The molecular weight excluding hydrogens is 337 g/mol. The Balaban J connectivity index is 0.00000289. The van der Waals surface area contributed by atoms with E-state index in [-0.39, 0.29) is 24.0 Å². The van der Waals surface area contributed by atoms with Crippen molar-refractivity contribution in [3.8, 4) is 0 Å². The molecule has 4 heteroatoms. The van der Waals surface area contributed by atoms with Gasteiger partial charge in [0.05, 0.1) is 0 Å². The molecule has 18 heavy (non-hydrogen) atoms. The Kier molecular flexibility index (Phi) is 10.9. The van der Waals surface area contributed by atoms with Gasteiger partial charge in [0.2, 0.25) is 0 Å². The summed E-state index contributed by atoms with van der Waals surface area (Å²) in [6, 6.07) is 0.639. The zero-order valence-corrected chi connectivity index (χ0v) is 14.5. The monoisotopic (exact) mass is 367 g/mol. The fourth-order valence-corrected chi connectivity index (χ4v) is 2.19. The first-order valence-electron chi connectivity index (χ1n) is 7.27. The van der Waals surface area contributed by atoms with Crippen molar-refractivity contribution in [2.45, 2.75) is 65.3 Å². The number of nitrogens with zero attached hydrogens (tertiary/aromatic N) is 1. The molecule has 0 aromatic carbocycles. The van der Waals surface area contributed by atoms with E-state index in [1.54, 1.807) is 0 Å². The van der Waals surface area contributed by atoms with Crippen LogP contribution in [0.4, 0.5) is 0 Å². The van der Waals surface area contributed by atoms with E-state index in [1.807, 2.05) is 0 Å². The predicted octanol–water partition coefficient (Wildman–Crippen LogP) is 3.54. The molecule has 0 heterocycles. The van der Waals surface area contributed by atoms with Crippen molar-refractivity contribution in [1.29, 1.82) is 0 Å². The minimum absolute atomic E-state index is 0. The Labute approximate surface area is 130 Å². The Morgan fingerprint density at radius 2 is 1.89 bits per heavy atom. The lowest BCUT2D eigenvalue weighted by atomic mass is 9.96. The molecule has 1 fully saturated rings. The van der Waals surface area contributed by atoms with Crippen molar-refractivity contribution >= 4 is 29.9 Å². The minimum atomic E-state index is 0. The van der Waals surface area contributed by atoms with Gasteiger partial charge in [-0.3, -0.25) is 4.99 Å². The maximum Gasteiger partial charge on any atom is 0.191 e. The highest BCUT2D eigenvalue weighted by atomic mass is 127. The van der Waals surface area contributed by atoms with Crippen LogP contribution in [-0.4, -0.2) is 25.1 Å². The average Bonchev–Trinajstić information content (AvgIpc) is 2.30. The van der Waals surface area contributed by atoms with Crippen molar-refractivity contribution in [2.75, 3.05) is 13.1 Å². The smallest absolute Gasteiger partial charge is 0.191 e. The summed E-state index contributed by atoms with van der Waals surface area (Å²) in [4.78, 5) is 4.64. The maximum atomic E-state index is 4.64. The van der Waals surface area contributed by atoms with Crippen molar-refractivity contribution in [1.82, 2.24) is 10.6 Å². The van der Waals surface area contributed by atoms with Gasteiger partial charge in [-0.15, -0.1) is 24.0 Å². The highest BCUT2D eigenvalue weighted by Crippen LogP contribution is 2.17. The second kappa shape index (κ2) is 10.9. The first-order valence-corrected chi connectivity index (χ1v) is 7.27. The Morgan fingerprint density at radius 1 is 1.22 bits per heavy atom. The standard InChI is InChI=1S/C14H29N3.HI/c1-4-15-14(16-11-10-12(2)3)17-13-8-6-5-7-9-13;/h12-13H,4-11H2,1-3H3,(H2,15,16,17);1H. The van der Waals surface area contributed by atoms with Crippen molar-refractivity contribution in [2.24, 2.45) is 10.9 Å². The van der Waals surface area contributed by atoms with Crippen LogP contribution in [0.5, 0.6) is 0 Å². The lowest BCUT2D eigenvalue weighted by molar-refractivity contribution is 0.410. The molecule has 0 aromatic rings. The fourth-order valence-electron chi connectivity index (χ4n) is 2.19. The average molecular weight is 367 g/mol. The summed E-state index contributed by atoms with van der Waals surface area (Å²) in [7, 11) is 0. The molecule has 1 aliphatic rings. The molecular formula is C14H30IN3. The first kappa shape index (κ1) is 18.0. The van der Waals surface area contributed by atoms with E-state index in [0.29, 0.717) is 6.04 Å². The van der Waals surface area contributed by atoms with E-state index in [2.05, 4.69) is 36.4 Å². The van der Waals surface area contributed by atoms with Crippen LogP contribution in [0.15, 0.2) is 4.99 Å². The summed E-state index contributed by atoms with van der Waals surface area (Å²) in [5.74, 6) is 1.75. The molecule has 3 nitrogen and oxygen atoms in total. The molecule has 108 valence electrons. The molecule has 0 radical (unpaired) electrons. The summed E-state index contributed by atoms with van der Waals surface area (Å²) in [5, 5.41) is 6.91. The third-order valence-corrected chi connectivity index (χ3v) is 3.27. The molecule has 0 aliphatic heterocycles. The molecule has 0 aromatic heterocycles. The van der Waals surface area contributed by atoms with Gasteiger partial charge in [-0.2, -0.15) is 0 Å². The van der Waals surface area contributed by atoms with Gasteiger partial charge in [-0.25, -0.2) is 0 Å². The van der Waals surface area contributed by atoms with Crippen molar-refractivity contribution < 1.29 is 0 Å². The summed E-state index contributed by atoms with van der Waals surface area (Å²) in [6.07, 6.45) is 7.90. The van der Waals surface area contributed by atoms with Crippen LogP contribution in [-0.2, 0) is 0 Å². The maximum absolute atomic E-state index is 4.64. The fraction of sp³-hybridized carbons (Fsp3) is 0.929. The second-order valence-electron chi connectivity index (χ2n) is 5.42. The number of hydrogen-bond acceptors (Lipinski definition) is 1. The Morgan fingerprint density at radius 3 is 2.44 bits per heavy atom. The quantitative estimate of drug-likeness (QED) is 0.443. The third kappa shape index (κ3) is 8.16. The molecule has 0 saturated heterocycles. The van der Waals surface area contributed by atoms with Crippen LogP contribution < -0.4 is 10.6 Å². The van der Waals surface area contributed by atoms with Gasteiger partial charge in [0.15, 0.2) is 5.96 Å². The lowest BCUT2D eigenvalue weighted by Crippen LogP contribution is -2.44. The van der Waals surface area contributed by atoms with Crippen LogP contribution in [0.2, 0.25) is 0 Å². The molecule has 2 N–H and O–H groups in total. The number of hydrogen-bond donors (Lipinski definition) is 2. The zero-order chi connectivity index (χ0) is 12.5. The molecule has 0 amide bonds. The molecule has 1 aliphatic carbocycles. The van der Waals surface area contributed by atoms with Gasteiger partial charge in [0.1, 0.15) is 0 Å². The molecule has 0 atom stereocenters. The SMILES string of the molecule is CCNC(=NCCC(C)C)NC1CCCCC1.I. The normalized spacial score (nSPS) is 17.4. The van der Waals surface area contributed by atoms with E-state index in [9.17, 15) is 0 Å². The van der Waals surface area contributed by atoms with Crippen LogP contribution in [0.1, 0.15) is 59.3 Å². The molecule has 0 spiro atoms. The summed E-state index contributed by atoms with van der Waals surface area (Å²) in [6.45, 7) is 8.49. The Bertz CT molecular complexity index is 223. The van der Waals surface area contributed by atoms with Crippen LogP contribution in [0.3, 0.4) is 0 Å². The van der Waals surface area contributed by atoms with Gasteiger partial charge in [-0.1, -0.05) is 33.1 Å². The minimum Gasteiger partial charge on any atom is -0.357 e. The topological polar surface area (TPSA) is 36.4 Å². The third-order valence-electron chi connectivity index (χ3n) is 3.27. The highest BCUT2D eigenvalue weighted by molar-refractivity contribution is 14.0. The largest absolute Gasteiger partial charge is 0.357 e. The summed E-state index contributed by atoms with van der Waals surface area (Å²) >= 11 is 0. The highest BCUT2D eigenvalue weighted by Gasteiger charge is 2.14. The molecule has 0 unspecified atom stereocenters.